The first-order chi connectivity index (χ1) is 8.96. The molecule has 1 fully saturated rings. The molecule has 0 radical (unpaired) electrons. The van der Waals surface area contributed by atoms with Crippen LogP contribution < -0.4 is 5.32 Å². The van der Waals surface area contributed by atoms with Gasteiger partial charge in [0.15, 0.2) is 5.03 Å². The van der Waals surface area contributed by atoms with E-state index in [1.54, 1.807) is 6.92 Å². The number of nitrogens with one attached hydrogen (secondary N) is 2. The minimum absolute atomic E-state index is 0.0424. The third kappa shape index (κ3) is 2.64. The molecule has 0 aromatic carbocycles. The molecule has 0 aliphatic carbocycles. The van der Waals surface area contributed by atoms with Crippen molar-refractivity contribution in [2.45, 2.75) is 37.3 Å². The Bertz CT molecular complexity index is 566. The Morgan fingerprint density at radius 2 is 2.26 bits per heavy atom. The SMILES string of the molecule is CNC(=O)C1CCCCN1S(=O)(=O)c1cnc(C)[nH]1. The first-order valence-corrected chi connectivity index (χ1v) is 7.66. The van der Waals surface area contributed by atoms with Crippen molar-refractivity contribution in [1.82, 2.24) is 19.6 Å². The van der Waals surface area contributed by atoms with Crippen LogP contribution in [0.4, 0.5) is 0 Å². The first-order valence-electron chi connectivity index (χ1n) is 6.22. The van der Waals surface area contributed by atoms with Crippen LogP contribution in [0.2, 0.25) is 0 Å². The highest BCUT2D eigenvalue weighted by molar-refractivity contribution is 7.89. The Labute approximate surface area is 112 Å². The zero-order valence-corrected chi connectivity index (χ0v) is 11.8. The third-order valence-electron chi connectivity index (χ3n) is 3.27. The second-order valence-electron chi connectivity index (χ2n) is 4.57. The van der Waals surface area contributed by atoms with Gasteiger partial charge in [-0.1, -0.05) is 6.42 Å². The molecule has 106 valence electrons. The summed E-state index contributed by atoms with van der Waals surface area (Å²) >= 11 is 0. The zero-order chi connectivity index (χ0) is 14.0. The van der Waals surface area contributed by atoms with Gasteiger partial charge in [-0.2, -0.15) is 4.31 Å². The molecule has 0 spiro atoms. The summed E-state index contributed by atoms with van der Waals surface area (Å²) in [6.45, 7) is 2.05. The molecular formula is C11H18N4O3S. The fourth-order valence-corrected chi connectivity index (χ4v) is 3.90. The molecule has 1 aliphatic heterocycles. The van der Waals surface area contributed by atoms with Gasteiger partial charge in [0.05, 0.1) is 6.20 Å². The molecule has 0 saturated carbocycles. The van der Waals surface area contributed by atoms with Gasteiger partial charge in [0.1, 0.15) is 11.9 Å². The number of aromatic amines is 1. The van der Waals surface area contributed by atoms with Crippen molar-refractivity contribution in [3.63, 3.8) is 0 Å². The standard InChI is InChI=1S/C11H18N4O3S/c1-8-13-7-10(14-8)19(17,18)15-6-4-3-5-9(15)11(16)12-2/h7,9H,3-6H2,1-2H3,(H,12,16)(H,13,14). The Morgan fingerprint density at radius 3 is 2.84 bits per heavy atom. The Kier molecular flexibility index (Phi) is 3.91. The van der Waals surface area contributed by atoms with Gasteiger partial charge in [0.2, 0.25) is 5.91 Å². The van der Waals surface area contributed by atoms with E-state index in [9.17, 15) is 13.2 Å². The number of piperidine rings is 1. The number of hydrogen-bond acceptors (Lipinski definition) is 4. The molecule has 1 unspecified atom stereocenters. The molecule has 1 aromatic heterocycles. The molecule has 1 aromatic rings. The molecule has 7 nitrogen and oxygen atoms in total. The molecule has 8 heteroatoms. The summed E-state index contributed by atoms with van der Waals surface area (Å²) in [4.78, 5) is 18.4. The number of nitrogens with zero attached hydrogens (tertiary/aromatic N) is 2. The summed E-state index contributed by atoms with van der Waals surface area (Å²) < 4.78 is 26.3. The number of sulfonamides is 1. The molecule has 2 rings (SSSR count). The molecule has 2 heterocycles. The number of amides is 1. The highest BCUT2D eigenvalue weighted by Gasteiger charge is 2.37. The maximum absolute atomic E-state index is 12.5. The van der Waals surface area contributed by atoms with Crippen LogP contribution in [0.5, 0.6) is 0 Å². The molecule has 1 saturated heterocycles. The van der Waals surface area contributed by atoms with E-state index in [1.807, 2.05) is 0 Å². The van der Waals surface area contributed by atoms with Crippen molar-refractivity contribution in [1.29, 1.82) is 0 Å². The number of carbonyl (C=O) groups excluding carboxylic acids is 1. The van der Waals surface area contributed by atoms with E-state index in [-0.39, 0.29) is 10.9 Å². The quantitative estimate of drug-likeness (QED) is 0.818. The fraction of sp³-hybridized carbons (Fsp3) is 0.636. The van der Waals surface area contributed by atoms with Gasteiger partial charge >= 0.3 is 0 Å². The molecule has 1 aliphatic rings. The lowest BCUT2D eigenvalue weighted by Crippen LogP contribution is -2.51. The monoisotopic (exact) mass is 286 g/mol. The maximum Gasteiger partial charge on any atom is 0.260 e. The summed E-state index contributed by atoms with van der Waals surface area (Å²) in [5.41, 5.74) is 0. The average Bonchev–Trinajstić information content (AvgIpc) is 2.85. The largest absolute Gasteiger partial charge is 0.358 e. The second kappa shape index (κ2) is 5.30. The van der Waals surface area contributed by atoms with Crippen molar-refractivity contribution in [3.05, 3.63) is 12.0 Å². The van der Waals surface area contributed by atoms with Crippen molar-refractivity contribution in [2.75, 3.05) is 13.6 Å². The highest BCUT2D eigenvalue weighted by Crippen LogP contribution is 2.24. The fourth-order valence-electron chi connectivity index (χ4n) is 2.28. The molecule has 19 heavy (non-hydrogen) atoms. The molecular weight excluding hydrogens is 268 g/mol. The summed E-state index contributed by atoms with van der Waals surface area (Å²) in [6.07, 6.45) is 3.46. The number of aromatic nitrogens is 2. The predicted molar refractivity (Wildman–Crippen MR) is 68.9 cm³/mol. The summed E-state index contributed by atoms with van der Waals surface area (Å²) in [6, 6.07) is -0.632. The molecule has 2 N–H and O–H groups in total. The predicted octanol–water partition coefficient (Wildman–Crippen LogP) is 0.00732. The number of H-pyrrole nitrogens is 1. The van der Waals surface area contributed by atoms with Gasteiger partial charge in [-0.25, -0.2) is 13.4 Å². The maximum atomic E-state index is 12.5. The number of imidazole rings is 1. The first kappa shape index (κ1) is 14.0. The van der Waals surface area contributed by atoms with E-state index in [2.05, 4.69) is 15.3 Å². The normalized spacial score (nSPS) is 21.3. The summed E-state index contributed by atoms with van der Waals surface area (Å²) in [5.74, 6) is 0.270. The lowest BCUT2D eigenvalue weighted by molar-refractivity contribution is -0.125. The van der Waals surface area contributed by atoms with E-state index in [4.69, 9.17) is 0 Å². The van der Waals surface area contributed by atoms with Crippen LogP contribution in [0, 0.1) is 6.92 Å². The van der Waals surface area contributed by atoms with E-state index < -0.39 is 16.1 Å². The Balaban J connectivity index is 2.34. The number of rotatable bonds is 3. The lowest BCUT2D eigenvalue weighted by atomic mass is 10.0. The minimum Gasteiger partial charge on any atom is -0.358 e. The van der Waals surface area contributed by atoms with Crippen molar-refractivity contribution in [3.8, 4) is 0 Å². The van der Waals surface area contributed by atoms with Crippen molar-refractivity contribution >= 4 is 15.9 Å². The van der Waals surface area contributed by atoms with E-state index in [0.717, 1.165) is 12.8 Å². The molecule has 1 atom stereocenters. The van der Waals surface area contributed by atoms with Gasteiger partial charge in [-0.3, -0.25) is 4.79 Å². The van der Waals surface area contributed by atoms with Crippen LogP contribution in [-0.2, 0) is 14.8 Å². The number of hydrogen-bond donors (Lipinski definition) is 2. The van der Waals surface area contributed by atoms with Crippen LogP contribution in [0.15, 0.2) is 11.2 Å². The zero-order valence-electron chi connectivity index (χ0n) is 11.0. The lowest BCUT2D eigenvalue weighted by Gasteiger charge is -2.32. The van der Waals surface area contributed by atoms with Crippen LogP contribution in [-0.4, -0.2) is 48.2 Å². The van der Waals surface area contributed by atoms with Gasteiger partial charge in [0, 0.05) is 13.6 Å². The van der Waals surface area contributed by atoms with Crippen molar-refractivity contribution in [2.24, 2.45) is 0 Å². The number of likely N-dealkylation sites (N-methyl/N-ethyl adjacent to an activating group) is 1. The number of carbonyl (C=O) groups is 1. The topological polar surface area (TPSA) is 95.2 Å². The van der Waals surface area contributed by atoms with E-state index in [1.165, 1.54) is 17.5 Å². The van der Waals surface area contributed by atoms with Crippen LogP contribution in [0.25, 0.3) is 0 Å². The van der Waals surface area contributed by atoms with Gasteiger partial charge in [-0.15, -0.1) is 0 Å². The summed E-state index contributed by atoms with van der Waals surface area (Å²) in [5, 5.41) is 2.56. The van der Waals surface area contributed by atoms with E-state index in [0.29, 0.717) is 18.8 Å². The molecule has 0 bridgehead atoms. The Morgan fingerprint density at radius 1 is 1.53 bits per heavy atom. The molecule has 1 amide bonds. The van der Waals surface area contributed by atoms with Gasteiger partial charge < -0.3 is 10.3 Å². The smallest absolute Gasteiger partial charge is 0.260 e. The van der Waals surface area contributed by atoms with Gasteiger partial charge in [-0.05, 0) is 19.8 Å². The highest BCUT2D eigenvalue weighted by atomic mass is 32.2. The van der Waals surface area contributed by atoms with Gasteiger partial charge in [0.25, 0.3) is 10.0 Å². The third-order valence-corrected chi connectivity index (χ3v) is 5.09. The second-order valence-corrected chi connectivity index (χ2v) is 6.43. The van der Waals surface area contributed by atoms with Crippen LogP contribution in [0.3, 0.4) is 0 Å². The van der Waals surface area contributed by atoms with Crippen molar-refractivity contribution < 1.29 is 13.2 Å². The Hall–Kier alpha value is -1.41. The average molecular weight is 286 g/mol. The number of aryl methyl sites for hydroxylation is 1. The minimum atomic E-state index is -3.69. The summed E-state index contributed by atoms with van der Waals surface area (Å²) in [7, 11) is -2.18. The van der Waals surface area contributed by atoms with Crippen LogP contribution >= 0.6 is 0 Å². The van der Waals surface area contributed by atoms with Crippen LogP contribution in [0.1, 0.15) is 25.1 Å². The van der Waals surface area contributed by atoms with E-state index >= 15 is 0 Å².